The van der Waals surface area contributed by atoms with E-state index >= 15 is 0 Å². The van der Waals surface area contributed by atoms with Crippen molar-refractivity contribution in [1.82, 2.24) is 10.3 Å². The number of nitrogens with two attached hydrogens (primary N) is 1. The maximum Gasteiger partial charge on any atom is 0.280 e. The van der Waals surface area contributed by atoms with Gasteiger partial charge in [0.2, 0.25) is 0 Å². The number of halogens is 2. The molecule has 1 saturated carbocycles. The molecule has 154 valence electrons. The van der Waals surface area contributed by atoms with Gasteiger partial charge in [-0.1, -0.05) is 37.6 Å². The van der Waals surface area contributed by atoms with Gasteiger partial charge < -0.3 is 11.1 Å². The second-order valence-corrected chi connectivity index (χ2v) is 8.73. The Morgan fingerprint density at radius 2 is 2.24 bits per heavy atom. The van der Waals surface area contributed by atoms with E-state index in [1.54, 1.807) is 6.21 Å². The van der Waals surface area contributed by atoms with Crippen molar-refractivity contribution in [2.75, 3.05) is 0 Å². The van der Waals surface area contributed by atoms with E-state index in [1.165, 1.54) is 11.3 Å². The summed E-state index contributed by atoms with van der Waals surface area (Å²) in [6, 6.07) is -2.15. The molecule has 1 fully saturated rings. The summed E-state index contributed by atoms with van der Waals surface area (Å²) in [5.74, 6) is -3.59. The number of nitrogens with zero attached hydrogens (tertiary/aromatic N) is 2. The summed E-state index contributed by atoms with van der Waals surface area (Å²) in [6.45, 7) is 2.05. The lowest BCUT2D eigenvalue weighted by molar-refractivity contribution is -0.0674. The average Bonchev–Trinajstić information content (AvgIpc) is 3.29. The summed E-state index contributed by atoms with van der Waals surface area (Å²) in [7, 11) is 0. The van der Waals surface area contributed by atoms with E-state index in [2.05, 4.69) is 22.2 Å². The predicted octanol–water partition coefficient (Wildman–Crippen LogP) is 3.67. The molecular weight excluding hydrogens is 394 g/mol. The number of hydrogen-bond donors (Lipinski definition) is 2. The summed E-state index contributed by atoms with van der Waals surface area (Å²) in [5.41, 5.74) is 8.55. The quantitative estimate of drug-likeness (QED) is 0.766. The van der Waals surface area contributed by atoms with Gasteiger partial charge in [-0.05, 0) is 24.8 Å². The van der Waals surface area contributed by atoms with Crippen LogP contribution in [-0.4, -0.2) is 41.2 Å². The van der Waals surface area contributed by atoms with Gasteiger partial charge in [-0.15, -0.1) is 11.3 Å². The van der Waals surface area contributed by atoms with Crippen molar-refractivity contribution in [2.24, 2.45) is 10.7 Å². The van der Waals surface area contributed by atoms with Gasteiger partial charge in [-0.2, -0.15) is 0 Å². The molecule has 0 radical (unpaired) electrons. The van der Waals surface area contributed by atoms with Gasteiger partial charge in [0.1, 0.15) is 6.04 Å². The van der Waals surface area contributed by atoms with Crippen LogP contribution in [0.3, 0.4) is 0 Å². The number of thiazole rings is 1. The molecule has 1 aliphatic heterocycles. The molecule has 1 aromatic heterocycles. The highest BCUT2D eigenvalue weighted by Gasteiger charge is 2.46. The van der Waals surface area contributed by atoms with Crippen molar-refractivity contribution < 1.29 is 13.6 Å². The van der Waals surface area contributed by atoms with E-state index in [1.807, 2.05) is 24.3 Å². The van der Waals surface area contributed by atoms with Crippen molar-refractivity contribution in [3.8, 4) is 0 Å². The number of rotatable bonds is 5. The monoisotopic (exact) mass is 418 g/mol. The first-order valence-electron chi connectivity index (χ1n) is 9.97. The number of aryl methyl sites for hydroxylation is 1. The summed E-state index contributed by atoms with van der Waals surface area (Å²) in [4.78, 5) is 22.8. The molecule has 5 nitrogen and oxygen atoms in total. The molecule has 3 N–H and O–H groups in total. The first-order chi connectivity index (χ1) is 13.9. The largest absolute Gasteiger partial charge is 0.340 e. The van der Waals surface area contributed by atoms with Crippen LogP contribution >= 0.6 is 11.3 Å². The van der Waals surface area contributed by atoms with Crippen molar-refractivity contribution in [1.29, 1.82) is 0 Å². The lowest BCUT2D eigenvalue weighted by Crippen LogP contribution is -2.59. The molecule has 2 aliphatic carbocycles. The fourth-order valence-electron chi connectivity index (χ4n) is 4.02. The highest BCUT2D eigenvalue weighted by Crippen LogP contribution is 2.35. The van der Waals surface area contributed by atoms with Gasteiger partial charge in [0.05, 0.1) is 11.7 Å². The minimum Gasteiger partial charge on any atom is -0.340 e. The highest BCUT2D eigenvalue weighted by atomic mass is 32.1. The van der Waals surface area contributed by atoms with Gasteiger partial charge in [0.15, 0.2) is 5.01 Å². The van der Waals surface area contributed by atoms with Crippen LogP contribution in [0, 0.1) is 0 Å². The second kappa shape index (κ2) is 7.91. The Labute approximate surface area is 172 Å². The van der Waals surface area contributed by atoms with E-state index < -0.39 is 23.9 Å². The molecule has 3 atom stereocenters. The van der Waals surface area contributed by atoms with Gasteiger partial charge in [0.25, 0.3) is 11.8 Å². The van der Waals surface area contributed by atoms with Gasteiger partial charge in [0, 0.05) is 29.1 Å². The minimum atomic E-state index is -3.01. The Balaban J connectivity index is 1.63. The summed E-state index contributed by atoms with van der Waals surface area (Å²) >= 11 is 1.26. The standard InChI is InChI=1S/C21H24F2N4OS/c1-2-6-16-17(13-11-25-15-9-4-3-7-12(13)15)26-20(29-16)19(28)27-18-14(24)8-5-10-21(18,22)23/h3-4,7,9,11,14-15,18H,2,5-6,8,10,24H2,1H3,(H,27,28)/t14-,15?,18+/m0/s1. The minimum absolute atomic E-state index is 0.0256. The fourth-order valence-corrected chi connectivity index (χ4v) is 5.10. The van der Waals surface area contributed by atoms with Crippen LogP contribution in [0.1, 0.15) is 53.0 Å². The summed E-state index contributed by atoms with van der Waals surface area (Å²) < 4.78 is 28.6. The number of carbonyl (C=O) groups is 1. The third-order valence-corrected chi connectivity index (χ3v) is 6.63. The number of alkyl halides is 2. The number of aliphatic imine (C=N–C) groups is 1. The number of aromatic nitrogens is 1. The highest BCUT2D eigenvalue weighted by molar-refractivity contribution is 7.13. The van der Waals surface area contributed by atoms with E-state index in [0.717, 1.165) is 34.6 Å². The zero-order valence-electron chi connectivity index (χ0n) is 16.2. The molecule has 0 bridgehead atoms. The van der Waals surface area contributed by atoms with Crippen LogP contribution in [0.2, 0.25) is 0 Å². The van der Waals surface area contributed by atoms with E-state index in [4.69, 9.17) is 5.73 Å². The molecule has 2 heterocycles. The molecule has 0 saturated heterocycles. The van der Waals surface area contributed by atoms with E-state index in [9.17, 15) is 13.6 Å². The van der Waals surface area contributed by atoms with Crippen LogP contribution in [0.15, 0.2) is 34.9 Å². The zero-order valence-corrected chi connectivity index (χ0v) is 17.0. The van der Waals surface area contributed by atoms with Crippen LogP contribution in [0.4, 0.5) is 8.78 Å². The molecule has 29 heavy (non-hydrogen) atoms. The lowest BCUT2D eigenvalue weighted by Gasteiger charge is -2.36. The van der Waals surface area contributed by atoms with Crippen LogP contribution in [-0.2, 0) is 6.42 Å². The molecule has 3 aliphatic rings. The number of fused-ring (bicyclic) bond motifs is 1. The first kappa shape index (κ1) is 20.1. The second-order valence-electron chi connectivity index (χ2n) is 7.65. The Morgan fingerprint density at radius 1 is 1.41 bits per heavy atom. The third-order valence-electron chi connectivity index (χ3n) is 5.52. The average molecular weight is 419 g/mol. The number of allylic oxidation sites excluding steroid dienone is 3. The predicted molar refractivity (Wildman–Crippen MR) is 112 cm³/mol. The molecular formula is C21H24F2N4OS. The van der Waals surface area contributed by atoms with E-state index in [-0.39, 0.29) is 17.5 Å². The van der Waals surface area contributed by atoms with Crippen molar-refractivity contribution in [3.05, 3.63) is 45.5 Å². The number of nitrogens with one attached hydrogen (secondary N) is 1. The normalized spacial score (nSPS) is 27.4. The Kier molecular flexibility index (Phi) is 5.48. The van der Waals surface area contributed by atoms with Crippen LogP contribution in [0.5, 0.6) is 0 Å². The SMILES string of the molecule is CCCc1sc(C(=O)N[C@@H]2[C@@H](N)CCCC2(F)F)nc1C1=C2C=CC=CC2N=C1. The fraction of sp³-hybridized carbons (Fsp3) is 0.476. The van der Waals surface area contributed by atoms with E-state index in [0.29, 0.717) is 12.8 Å². The Bertz CT molecular complexity index is 931. The summed E-state index contributed by atoms with van der Waals surface area (Å²) in [5, 5.41) is 2.66. The lowest BCUT2D eigenvalue weighted by atomic mass is 9.87. The maximum atomic E-state index is 14.3. The molecule has 1 unspecified atom stereocenters. The Hall–Kier alpha value is -2.19. The first-order valence-corrected chi connectivity index (χ1v) is 10.8. The van der Waals surface area contributed by atoms with Crippen molar-refractivity contribution in [2.45, 2.75) is 63.1 Å². The van der Waals surface area contributed by atoms with Gasteiger partial charge in [-0.25, -0.2) is 13.8 Å². The molecule has 8 heteroatoms. The maximum absolute atomic E-state index is 14.3. The number of amides is 1. The topological polar surface area (TPSA) is 80.4 Å². The van der Waals surface area contributed by atoms with Gasteiger partial charge in [-0.3, -0.25) is 9.79 Å². The van der Waals surface area contributed by atoms with Crippen LogP contribution < -0.4 is 11.1 Å². The molecule has 1 aromatic rings. The zero-order chi connectivity index (χ0) is 20.6. The molecule has 4 rings (SSSR count). The smallest absolute Gasteiger partial charge is 0.280 e. The van der Waals surface area contributed by atoms with Gasteiger partial charge >= 0.3 is 0 Å². The van der Waals surface area contributed by atoms with Crippen molar-refractivity contribution >= 4 is 29.0 Å². The molecule has 1 amide bonds. The molecule has 0 spiro atoms. The number of hydrogen-bond acceptors (Lipinski definition) is 5. The summed E-state index contributed by atoms with van der Waals surface area (Å²) in [6.07, 6.45) is 11.9. The Morgan fingerprint density at radius 3 is 3.00 bits per heavy atom. The molecule has 0 aromatic carbocycles. The van der Waals surface area contributed by atoms with Crippen molar-refractivity contribution in [3.63, 3.8) is 0 Å². The van der Waals surface area contributed by atoms with Crippen LogP contribution in [0.25, 0.3) is 5.57 Å². The number of carbonyl (C=O) groups excluding carboxylic acids is 1. The third kappa shape index (κ3) is 3.83.